The Hall–Kier alpha value is -0.810. The van der Waals surface area contributed by atoms with Crippen LogP contribution in [0.3, 0.4) is 0 Å². The van der Waals surface area contributed by atoms with Gasteiger partial charge in [0.2, 0.25) is 0 Å². The number of aliphatic hydroxyl groups is 1. The first-order chi connectivity index (χ1) is 8.63. The molecule has 1 heterocycles. The molecule has 0 spiro atoms. The lowest BCUT2D eigenvalue weighted by atomic mass is 10.1. The molecule has 1 saturated heterocycles. The van der Waals surface area contributed by atoms with Gasteiger partial charge in [-0.15, -0.1) is 0 Å². The Balaban J connectivity index is 2.18. The van der Waals surface area contributed by atoms with Crippen molar-refractivity contribution in [3.63, 3.8) is 0 Å². The lowest BCUT2D eigenvalue weighted by molar-refractivity contribution is 0.212. The van der Waals surface area contributed by atoms with E-state index in [1.54, 1.807) is 0 Å². The van der Waals surface area contributed by atoms with Crippen LogP contribution in [0.4, 0.5) is 4.79 Å². The molecule has 0 aliphatic carbocycles. The molecule has 3 N–H and O–H groups in total. The van der Waals surface area contributed by atoms with Gasteiger partial charge in [-0.3, -0.25) is 4.90 Å². The average Bonchev–Trinajstić information content (AvgIpc) is 2.73. The van der Waals surface area contributed by atoms with Crippen molar-refractivity contribution >= 4 is 6.03 Å². The maximum atomic E-state index is 11.5. The van der Waals surface area contributed by atoms with Crippen LogP contribution >= 0.6 is 0 Å². The van der Waals surface area contributed by atoms with Crippen molar-refractivity contribution in [1.29, 1.82) is 0 Å². The Morgan fingerprint density at radius 1 is 1.44 bits per heavy atom. The van der Waals surface area contributed by atoms with Crippen LogP contribution < -0.4 is 10.6 Å². The fourth-order valence-corrected chi connectivity index (χ4v) is 2.39. The second-order valence-electron chi connectivity index (χ2n) is 5.40. The Morgan fingerprint density at radius 2 is 2.22 bits per heavy atom. The SMILES string of the molecule is CC(C)CN1CCC[C@H]1CNC(=O)NCCCO. The Bertz CT molecular complexity index is 246. The van der Waals surface area contributed by atoms with E-state index < -0.39 is 0 Å². The van der Waals surface area contributed by atoms with E-state index in [-0.39, 0.29) is 12.6 Å². The number of carbonyl (C=O) groups is 1. The fourth-order valence-electron chi connectivity index (χ4n) is 2.39. The van der Waals surface area contributed by atoms with E-state index in [0.717, 1.165) is 19.6 Å². The minimum atomic E-state index is -0.125. The van der Waals surface area contributed by atoms with Gasteiger partial charge in [-0.1, -0.05) is 13.8 Å². The van der Waals surface area contributed by atoms with Crippen molar-refractivity contribution in [2.75, 3.05) is 32.8 Å². The molecule has 5 heteroatoms. The smallest absolute Gasteiger partial charge is 0.314 e. The lowest BCUT2D eigenvalue weighted by Crippen LogP contribution is -2.45. The van der Waals surface area contributed by atoms with E-state index in [1.165, 1.54) is 12.8 Å². The van der Waals surface area contributed by atoms with E-state index in [9.17, 15) is 4.79 Å². The number of hydrogen-bond donors (Lipinski definition) is 3. The predicted octanol–water partition coefficient (Wildman–Crippen LogP) is 0.788. The number of urea groups is 1. The zero-order chi connectivity index (χ0) is 13.4. The van der Waals surface area contributed by atoms with Gasteiger partial charge in [0.15, 0.2) is 0 Å². The van der Waals surface area contributed by atoms with Crippen LogP contribution in [0, 0.1) is 5.92 Å². The van der Waals surface area contributed by atoms with Crippen LogP contribution in [-0.2, 0) is 0 Å². The molecule has 5 nitrogen and oxygen atoms in total. The van der Waals surface area contributed by atoms with Crippen LogP contribution in [0.15, 0.2) is 0 Å². The van der Waals surface area contributed by atoms with Crippen molar-refractivity contribution in [3.05, 3.63) is 0 Å². The summed E-state index contributed by atoms with van der Waals surface area (Å²) in [6, 6.07) is 0.357. The second-order valence-corrected chi connectivity index (χ2v) is 5.40. The van der Waals surface area contributed by atoms with Gasteiger partial charge in [-0.05, 0) is 31.7 Å². The molecule has 0 aromatic heterocycles. The maximum absolute atomic E-state index is 11.5. The van der Waals surface area contributed by atoms with Gasteiger partial charge in [-0.2, -0.15) is 0 Å². The highest BCUT2D eigenvalue weighted by Crippen LogP contribution is 2.17. The summed E-state index contributed by atoms with van der Waals surface area (Å²) < 4.78 is 0. The maximum Gasteiger partial charge on any atom is 0.314 e. The summed E-state index contributed by atoms with van der Waals surface area (Å²) in [7, 11) is 0. The number of nitrogens with zero attached hydrogens (tertiary/aromatic N) is 1. The van der Waals surface area contributed by atoms with Gasteiger partial charge in [0, 0.05) is 32.3 Å². The van der Waals surface area contributed by atoms with Crippen molar-refractivity contribution in [1.82, 2.24) is 15.5 Å². The highest BCUT2D eigenvalue weighted by Gasteiger charge is 2.24. The molecule has 0 radical (unpaired) electrons. The van der Waals surface area contributed by atoms with E-state index in [1.807, 2.05) is 0 Å². The van der Waals surface area contributed by atoms with Crippen molar-refractivity contribution < 1.29 is 9.90 Å². The molecule has 1 atom stereocenters. The average molecular weight is 257 g/mol. The summed E-state index contributed by atoms with van der Waals surface area (Å²) in [6.45, 7) is 8.08. The van der Waals surface area contributed by atoms with E-state index in [4.69, 9.17) is 5.11 Å². The number of hydrogen-bond acceptors (Lipinski definition) is 3. The van der Waals surface area contributed by atoms with E-state index in [0.29, 0.717) is 24.9 Å². The molecule has 1 fully saturated rings. The number of likely N-dealkylation sites (tertiary alicyclic amines) is 1. The summed E-state index contributed by atoms with van der Waals surface area (Å²) in [4.78, 5) is 14.0. The molecule has 0 saturated carbocycles. The van der Waals surface area contributed by atoms with Gasteiger partial charge >= 0.3 is 6.03 Å². The third-order valence-corrected chi connectivity index (χ3v) is 3.22. The van der Waals surface area contributed by atoms with Gasteiger partial charge in [0.1, 0.15) is 0 Å². The molecule has 1 aliphatic heterocycles. The molecule has 0 aromatic carbocycles. The Kier molecular flexibility index (Phi) is 7.05. The molecule has 0 bridgehead atoms. The highest BCUT2D eigenvalue weighted by atomic mass is 16.3. The largest absolute Gasteiger partial charge is 0.396 e. The van der Waals surface area contributed by atoms with Crippen molar-refractivity contribution in [2.24, 2.45) is 5.92 Å². The number of carbonyl (C=O) groups excluding carboxylic acids is 1. The molecular formula is C13H27N3O2. The van der Waals surface area contributed by atoms with E-state index in [2.05, 4.69) is 29.4 Å². The highest BCUT2D eigenvalue weighted by molar-refractivity contribution is 5.73. The summed E-state index contributed by atoms with van der Waals surface area (Å²) in [5, 5.41) is 14.3. The quantitative estimate of drug-likeness (QED) is 0.591. The third kappa shape index (κ3) is 5.69. The second kappa shape index (κ2) is 8.32. The van der Waals surface area contributed by atoms with Gasteiger partial charge < -0.3 is 15.7 Å². The molecule has 1 rings (SSSR count). The van der Waals surface area contributed by atoms with Gasteiger partial charge in [0.05, 0.1) is 0 Å². The first-order valence-corrected chi connectivity index (χ1v) is 7.00. The topological polar surface area (TPSA) is 64.6 Å². The van der Waals surface area contributed by atoms with Crippen LogP contribution in [0.1, 0.15) is 33.1 Å². The summed E-state index contributed by atoms with van der Waals surface area (Å²) in [6.07, 6.45) is 3.01. The zero-order valence-electron chi connectivity index (χ0n) is 11.6. The summed E-state index contributed by atoms with van der Waals surface area (Å²) in [5.41, 5.74) is 0. The molecule has 2 amide bonds. The molecule has 18 heavy (non-hydrogen) atoms. The van der Waals surface area contributed by atoms with Gasteiger partial charge in [0.25, 0.3) is 0 Å². The predicted molar refractivity (Wildman–Crippen MR) is 72.5 cm³/mol. The fraction of sp³-hybridized carbons (Fsp3) is 0.923. The number of amides is 2. The Morgan fingerprint density at radius 3 is 2.89 bits per heavy atom. The van der Waals surface area contributed by atoms with Gasteiger partial charge in [-0.25, -0.2) is 4.79 Å². The van der Waals surface area contributed by atoms with Crippen LogP contribution in [-0.4, -0.2) is 54.9 Å². The first kappa shape index (κ1) is 15.2. The van der Waals surface area contributed by atoms with Crippen LogP contribution in [0.25, 0.3) is 0 Å². The van der Waals surface area contributed by atoms with E-state index >= 15 is 0 Å². The molecule has 0 aromatic rings. The number of nitrogens with one attached hydrogen (secondary N) is 2. The monoisotopic (exact) mass is 257 g/mol. The molecule has 0 unspecified atom stereocenters. The normalized spacial score (nSPS) is 20.3. The standard InChI is InChI=1S/C13H27N3O2/c1-11(2)10-16-7-3-5-12(16)9-15-13(18)14-6-4-8-17/h11-12,17H,3-10H2,1-2H3,(H2,14,15,18)/t12-/m0/s1. The summed E-state index contributed by atoms with van der Waals surface area (Å²) in [5.74, 6) is 0.670. The minimum absolute atomic E-state index is 0.116. The minimum Gasteiger partial charge on any atom is -0.396 e. The number of aliphatic hydroxyl groups excluding tert-OH is 1. The summed E-state index contributed by atoms with van der Waals surface area (Å²) >= 11 is 0. The lowest BCUT2D eigenvalue weighted by Gasteiger charge is -2.26. The molecule has 1 aliphatic rings. The molecular weight excluding hydrogens is 230 g/mol. The van der Waals surface area contributed by atoms with Crippen molar-refractivity contribution in [2.45, 2.75) is 39.2 Å². The Labute approximate surface area is 110 Å². The third-order valence-electron chi connectivity index (χ3n) is 3.22. The number of rotatable bonds is 7. The molecule has 106 valence electrons. The van der Waals surface area contributed by atoms with Crippen LogP contribution in [0.2, 0.25) is 0 Å². The first-order valence-electron chi connectivity index (χ1n) is 7.00. The zero-order valence-corrected chi connectivity index (χ0v) is 11.6. The van der Waals surface area contributed by atoms with Crippen molar-refractivity contribution in [3.8, 4) is 0 Å². The van der Waals surface area contributed by atoms with Crippen LogP contribution in [0.5, 0.6) is 0 Å².